The van der Waals surface area contributed by atoms with Crippen molar-refractivity contribution in [1.82, 2.24) is 4.90 Å². The van der Waals surface area contributed by atoms with Crippen LogP contribution in [0.25, 0.3) is 0 Å². The van der Waals surface area contributed by atoms with Crippen molar-refractivity contribution in [1.29, 1.82) is 0 Å². The number of rotatable bonds is 7. The van der Waals surface area contributed by atoms with Crippen LogP contribution in [0.15, 0.2) is 29.2 Å². The van der Waals surface area contributed by atoms with E-state index in [0.29, 0.717) is 18.8 Å². The molecule has 0 saturated heterocycles. The zero-order valence-corrected chi connectivity index (χ0v) is 14.6. The zero-order chi connectivity index (χ0) is 16.9. The molecule has 2 N–H and O–H groups in total. The summed E-state index contributed by atoms with van der Waals surface area (Å²) in [6.07, 6.45) is 1.97. The summed E-state index contributed by atoms with van der Waals surface area (Å²) in [7, 11) is -1.83. The highest BCUT2D eigenvalue weighted by Crippen LogP contribution is 2.13. The van der Waals surface area contributed by atoms with E-state index in [2.05, 4.69) is 20.8 Å². The van der Waals surface area contributed by atoms with Gasteiger partial charge in [0.25, 0.3) is 0 Å². The molecule has 1 atom stereocenters. The minimum absolute atomic E-state index is 0.0882. The van der Waals surface area contributed by atoms with Crippen LogP contribution in [-0.4, -0.2) is 32.3 Å². The maximum absolute atomic E-state index is 12.2. The van der Waals surface area contributed by atoms with Gasteiger partial charge < -0.3 is 4.90 Å². The Labute approximate surface area is 133 Å². The third-order valence-electron chi connectivity index (χ3n) is 3.75. The molecule has 0 fully saturated rings. The molecule has 22 heavy (non-hydrogen) atoms. The minimum Gasteiger partial charge on any atom is -0.343 e. The number of primary sulfonamides is 1. The van der Waals surface area contributed by atoms with Gasteiger partial charge in [0.2, 0.25) is 15.9 Å². The van der Waals surface area contributed by atoms with Crippen LogP contribution in [0.3, 0.4) is 0 Å². The Hall–Kier alpha value is -1.40. The molecule has 0 aliphatic rings. The topological polar surface area (TPSA) is 80.5 Å². The molecule has 1 unspecified atom stereocenters. The van der Waals surface area contributed by atoms with Crippen molar-refractivity contribution < 1.29 is 13.2 Å². The third-order valence-corrected chi connectivity index (χ3v) is 4.68. The van der Waals surface area contributed by atoms with Gasteiger partial charge in [0.05, 0.1) is 4.90 Å². The number of hydrogen-bond acceptors (Lipinski definition) is 3. The van der Waals surface area contributed by atoms with Crippen molar-refractivity contribution in [2.45, 2.75) is 51.0 Å². The third kappa shape index (κ3) is 5.77. The molecule has 1 rings (SSSR count). The fourth-order valence-corrected chi connectivity index (χ4v) is 2.88. The second-order valence-corrected chi connectivity index (χ2v) is 7.73. The van der Waals surface area contributed by atoms with E-state index in [4.69, 9.17) is 5.14 Å². The molecule has 6 heteroatoms. The minimum atomic E-state index is -3.66. The standard InChI is InChI=1S/C16H26N2O3S/c1-12(2)11-13(3)18(4)16(19)10-7-14-5-8-15(9-6-14)22(17,20)21/h5-6,8-9,12-13H,7,10-11H2,1-4H3,(H2,17,20,21). The summed E-state index contributed by atoms with van der Waals surface area (Å²) in [4.78, 5) is 14.1. The molecule has 0 spiro atoms. The Morgan fingerprint density at radius 3 is 2.18 bits per heavy atom. The second kappa shape index (κ2) is 7.74. The molecule has 0 radical (unpaired) electrons. The first-order chi connectivity index (χ1) is 10.1. The molecular weight excluding hydrogens is 300 g/mol. The van der Waals surface area contributed by atoms with Crippen molar-refractivity contribution in [3.8, 4) is 0 Å². The number of carbonyl (C=O) groups excluding carboxylic acids is 1. The van der Waals surface area contributed by atoms with Gasteiger partial charge >= 0.3 is 0 Å². The lowest BCUT2D eigenvalue weighted by Gasteiger charge is -2.26. The van der Waals surface area contributed by atoms with Crippen molar-refractivity contribution in [2.24, 2.45) is 11.1 Å². The monoisotopic (exact) mass is 326 g/mol. The fraction of sp³-hybridized carbons (Fsp3) is 0.562. The lowest BCUT2D eigenvalue weighted by molar-refractivity contribution is -0.131. The second-order valence-electron chi connectivity index (χ2n) is 6.17. The van der Waals surface area contributed by atoms with Crippen LogP contribution in [0, 0.1) is 5.92 Å². The van der Waals surface area contributed by atoms with Gasteiger partial charge in [0, 0.05) is 19.5 Å². The first-order valence-electron chi connectivity index (χ1n) is 7.48. The number of nitrogens with zero attached hydrogens (tertiary/aromatic N) is 1. The number of nitrogens with two attached hydrogens (primary N) is 1. The van der Waals surface area contributed by atoms with Gasteiger partial charge in [-0.25, -0.2) is 13.6 Å². The first-order valence-corrected chi connectivity index (χ1v) is 9.03. The maximum Gasteiger partial charge on any atom is 0.238 e. The number of sulfonamides is 1. The van der Waals surface area contributed by atoms with E-state index in [9.17, 15) is 13.2 Å². The quantitative estimate of drug-likeness (QED) is 0.833. The predicted octanol–water partition coefficient (Wildman–Crippen LogP) is 2.16. The normalized spacial score (nSPS) is 13.2. The average molecular weight is 326 g/mol. The maximum atomic E-state index is 12.2. The Balaban J connectivity index is 2.57. The summed E-state index contributed by atoms with van der Waals surface area (Å²) in [5, 5.41) is 5.05. The van der Waals surface area contributed by atoms with Crippen molar-refractivity contribution in [3.63, 3.8) is 0 Å². The van der Waals surface area contributed by atoms with Gasteiger partial charge in [-0.05, 0) is 43.4 Å². The number of aryl methyl sites for hydroxylation is 1. The molecule has 124 valence electrons. The Bertz CT molecular complexity index is 594. The Kier molecular flexibility index (Phi) is 6.56. The van der Waals surface area contributed by atoms with E-state index in [-0.39, 0.29) is 16.8 Å². The number of benzene rings is 1. The highest BCUT2D eigenvalue weighted by atomic mass is 32.2. The smallest absolute Gasteiger partial charge is 0.238 e. The average Bonchev–Trinajstić information content (AvgIpc) is 2.42. The lowest BCUT2D eigenvalue weighted by Crippen LogP contribution is -2.36. The number of carbonyl (C=O) groups is 1. The molecule has 0 aliphatic carbocycles. The van der Waals surface area contributed by atoms with Crippen LogP contribution in [0.5, 0.6) is 0 Å². The molecule has 1 amide bonds. The molecule has 0 aromatic heterocycles. The number of amides is 1. The highest BCUT2D eigenvalue weighted by molar-refractivity contribution is 7.89. The lowest BCUT2D eigenvalue weighted by atomic mass is 10.0. The van der Waals surface area contributed by atoms with Gasteiger partial charge in [0.15, 0.2) is 0 Å². The molecule has 1 aromatic rings. The van der Waals surface area contributed by atoms with Gasteiger partial charge in [-0.3, -0.25) is 4.79 Å². The molecule has 0 bridgehead atoms. The van der Waals surface area contributed by atoms with E-state index in [1.54, 1.807) is 17.0 Å². The van der Waals surface area contributed by atoms with Crippen LogP contribution in [0.1, 0.15) is 39.2 Å². The van der Waals surface area contributed by atoms with E-state index in [0.717, 1.165) is 12.0 Å². The fourth-order valence-electron chi connectivity index (χ4n) is 2.36. The van der Waals surface area contributed by atoms with Crippen LogP contribution in [0.2, 0.25) is 0 Å². The largest absolute Gasteiger partial charge is 0.343 e. The Morgan fingerprint density at radius 2 is 1.73 bits per heavy atom. The molecule has 0 saturated carbocycles. The van der Waals surface area contributed by atoms with Gasteiger partial charge in [-0.1, -0.05) is 26.0 Å². The summed E-state index contributed by atoms with van der Waals surface area (Å²) in [5.41, 5.74) is 0.922. The summed E-state index contributed by atoms with van der Waals surface area (Å²) in [5.74, 6) is 0.652. The van der Waals surface area contributed by atoms with Crippen LogP contribution < -0.4 is 5.14 Å². The zero-order valence-electron chi connectivity index (χ0n) is 13.7. The molecule has 0 heterocycles. The summed E-state index contributed by atoms with van der Waals surface area (Å²) >= 11 is 0. The van der Waals surface area contributed by atoms with Gasteiger partial charge in [-0.2, -0.15) is 0 Å². The first kappa shape index (κ1) is 18.6. The summed E-state index contributed by atoms with van der Waals surface area (Å²) < 4.78 is 22.4. The van der Waals surface area contributed by atoms with Gasteiger partial charge in [-0.15, -0.1) is 0 Å². The molecule has 1 aromatic carbocycles. The van der Waals surface area contributed by atoms with E-state index < -0.39 is 10.0 Å². The van der Waals surface area contributed by atoms with Crippen LogP contribution >= 0.6 is 0 Å². The van der Waals surface area contributed by atoms with Gasteiger partial charge in [0.1, 0.15) is 0 Å². The van der Waals surface area contributed by atoms with Crippen molar-refractivity contribution >= 4 is 15.9 Å². The SMILES string of the molecule is CC(C)CC(C)N(C)C(=O)CCc1ccc(S(N)(=O)=O)cc1. The van der Waals surface area contributed by atoms with E-state index in [1.165, 1.54) is 12.1 Å². The van der Waals surface area contributed by atoms with Crippen LogP contribution in [-0.2, 0) is 21.2 Å². The summed E-state index contributed by atoms with van der Waals surface area (Å²) in [6.45, 7) is 6.34. The van der Waals surface area contributed by atoms with Crippen molar-refractivity contribution in [3.05, 3.63) is 29.8 Å². The molecule has 5 nitrogen and oxygen atoms in total. The number of hydrogen-bond donors (Lipinski definition) is 1. The van der Waals surface area contributed by atoms with E-state index in [1.807, 2.05) is 7.05 Å². The van der Waals surface area contributed by atoms with Crippen LogP contribution in [0.4, 0.5) is 0 Å². The summed E-state index contributed by atoms with van der Waals surface area (Å²) in [6, 6.07) is 6.56. The predicted molar refractivity (Wildman–Crippen MR) is 87.8 cm³/mol. The Morgan fingerprint density at radius 1 is 1.18 bits per heavy atom. The van der Waals surface area contributed by atoms with Crippen molar-refractivity contribution in [2.75, 3.05) is 7.05 Å². The highest BCUT2D eigenvalue weighted by Gasteiger charge is 2.16. The molecule has 0 aliphatic heterocycles. The van der Waals surface area contributed by atoms with E-state index >= 15 is 0 Å². The molecular formula is C16H26N2O3S.